The third-order valence-electron chi connectivity index (χ3n) is 4.50. The first kappa shape index (κ1) is 16.6. The van der Waals surface area contributed by atoms with E-state index in [2.05, 4.69) is 10.1 Å². The number of pyridine rings is 1. The monoisotopic (exact) mass is 361 g/mol. The number of alkyl halides is 3. The molecule has 0 saturated heterocycles. The van der Waals surface area contributed by atoms with E-state index in [1.807, 2.05) is 0 Å². The van der Waals surface area contributed by atoms with Crippen molar-refractivity contribution in [3.05, 3.63) is 52.8 Å². The molecule has 0 atom stereocenters. The first-order valence-electron chi connectivity index (χ1n) is 8.07. The number of rotatable bonds is 3. The van der Waals surface area contributed by atoms with Crippen molar-refractivity contribution >= 4 is 17.0 Å². The molecule has 5 nitrogen and oxygen atoms in total. The van der Waals surface area contributed by atoms with Gasteiger partial charge < -0.3 is 5.11 Å². The van der Waals surface area contributed by atoms with Crippen LogP contribution >= 0.6 is 0 Å². The van der Waals surface area contributed by atoms with E-state index in [0.717, 1.165) is 23.6 Å². The Bertz CT molecular complexity index is 1040. The van der Waals surface area contributed by atoms with Gasteiger partial charge in [0.15, 0.2) is 5.65 Å². The summed E-state index contributed by atoms with van der Waals surface area (Å²) >= 11 is 0. The zero-order valence-corrected chi connectivity index (χ0v) is 13.7. The number of carboxylic acid groups (broad SMARTS) is 1. The molecule has 1 N–H and O–H groups in total. The standard InChI is InChI=1S/C18H14F3N3O2/c1-9-15-11(17(25)26)8-13(10-6-7-10)22-16(15)24(23-9)14-5-3-2-4-12(14)18(19,20)21/h2-5,8,10H,6-7H2,1H3,(H,25,26). The van der Waals surface area contributed by atoms with Crippen molar-refractivity contribution in [3.8, 4) is 5.69 Å². The number of hydrogen-bond donors (Lipinski definition) is 1. The minimum absolute atomic E-state index is 0.0186. The van der Waals surface area contributed by atoms with Crippen molar-refractivity contribution in [1.29, 1.82) is 0 Å². The number of benzene rings is 1. The van der Waals surface area contributed by atoms with Crippen LogP contribution in [0.2, 0.25) is 0 Å². The summed E-state index contributed by atoms with van der Waals surface area (Å²) in [5.74, 6) is -0.995. The van der Waals surface area contributed by atoms with E-state index in [9.17, 15) is 23.1 Å². The number of carbonyl (C=O) groups is 1. The Hall–Kier alpha value is -2.90. The van der Waals surface area contributed by atoms with Crippen molar-refractivity contribution in [2.24, 2.45) is 0 Å². The number of nitrogens with zero attached hydrogens (tertiary/aromatic N) is 3. The SMILES string of the molecule is Cc1nn(-c2ccccc2C(F)(F)F)c2nc(C3CC3)cc(C(=O)O)c12. The predicted molar refractivity (Wildman–Crippen MR) is 87.5 cm³/mol. The highest BCUT2D eigenvalue weighted by Crippen LogP contribution is 2.41. The summed E-state index contributed by atoms with van der Waals surface area (Å²) in [5, 5.41) is 14.0. The van der Waals surface area contributed by atoms with Gasteiger partial charge in [-0.2, -0.15) is 18.3 Å². The molecule has 1 saturated carbocycles. The largest absolute Gasteiger partial charge is 0.478 e. The summed E-state index contributed by atoms with van der Waals surface area (Å²) in [7, 11) is 0. The van der Waals surface area contributed by atoms with Gasteiger partial charge >= 0.3 is 12.1 Å². The molecule has 8 heteroatoms. The van der Waals surface area contributed by atoms with Crippen LogP contribution in [-0.2, 0) is 6.18 Å². The number of fused-ring (bicyclic) bond motifs is 1. The van der Waals surface area contributed by atoms with E-state index in [-0.39, 0.29) is 28.2 Å². The predicted octanol–water partition coefficient (Wildman–Crippen LogP) is 4.32. The van der Waals surface area contributed by atoms with Gasteiger partial charge in [0, 0.05) is 11.6 Å². The molecule has 4 rings (SSSR count). The quantitative estimate of drug-likeness (QED) is 0.754. The molecule has 0 radical (unpaired) electrons. The first-order valence-corrected chi connectivity index (χ1v) is 8.07. The van der Waals surface area contributed by atoms with Gasteiger partial charge in [-0.25, -0.2) is 14.5 Å². The van der Waals surface area contributed by atoms with E-state index >= 15 is 0 Å². The molecular weight excluding hydrogens is 347 g/mol. The lowest BCUT2D eigenvalue weighted by atomic mass is 10.1. The van der Waals surface area contributed by atoms with Crippen LogP contribution < -0.4 is 0 Å². The van der Waals surface area contributed by atoms with Crippen molar-refractivity contribution < 1.29 is 23.1 Å². The second-order valence-electron chi connectivity index (χ2n) is 6.38. The summed E-state index contributed by atoms with van der Waals surface area (Å²) in [4.78, 5) is 16.2. The van der Waals surface area contributed by atoms with Gasteiger partial charge in [-0.15, -0.1) is 0 Å². The molecule has 0 unspecified atom stereocenters. The molecule has 1 fully saturated rings. The fraction of sp³-hybridized carbons (Fsp3) is 0.278. The molecule has 3 aromatic rings. The van der Waals surface area contributed by atoms with Gasteiger partial charge in [-0.1, -0.05) is 12.1 Å². The van der Waals surface area contributed by atoms with Crippen LogP contribution in [0.1, 0.15) is 46.1 Å². The smallest absolute Gasteiger partial charge is 0.418 e. The first-order chi connectivity index (χ1) is 12.3. The molecule has 0 spiro atoms. The van der Waals surface area contributed by atoms with Crippen molar-refractivity contribution in [2.45, 2.75) is 31.9 Å². The highest BCUT2D eigenvalue weighted by atomic mass is 19.4. The zero-order valence-electron chi connectivity index (χ0n) is 13.7. The lowest BCUT2D eigenvalue weighted by Crippen LogP contribution is -2.12. The number of aromatic carboxylic acids is 1. The van der Waals surface area contributed by atoms with Crippen molar-refractivity contribution in [2.75, 3.05) is 0 Å². The Labute approximate surface area is 146 Å². The molecule has 0 aliphatic heterocycles. The molecule has 0 amide bonds. The van der Waals surface area contributed by atoms with E-state index in [1.165, 1.54) is 24.3 Å². The van der Waals surface area contributed by atoms with E-state index < -0.39 is 17.7 Å². The third kappa shape index (κ3) is 2.61. The van der Waals surface area contributed by atoms with Gasteiger partial charge in [-0.05, 0) is 38.0 Å². The Kier molecular flexibility index (Phi) is 3.54. The Balaban J connectivity index is 2.05. The van der Waals surface area contributed by atoms with Gasteiger partial charge in [0.25, 0.3) is 0 Å². The van der Waals surface area contributed by atoms with Crippen molar-refractivity contribution in [1.82, 2.24) is 14.8 Å². The van der Waals surface area contributed by atoms with Crippen LogP contribution in [0.4, 0.5) is 13.2 Å². The zero-order chi connectivity index (χ0) is 18.6. The van der Waals surface area contributed by atoms with Crippen LogP contribution in [-0.4, -0.2) is 25.8 Å². The molecule has 1 aliphatic rings. The van der Waals surface area contributed by atoms with Gasteiger partial charge in [-0.3, -0.25) is 0 Å². The van der Waals surface area contributed by atoms with Gasteiger partial charge in [0.05, 0.1) is 27.9 Å². The normalized spacial score (nSPS) is 14.8. The van der Waals surface area contributed by atoms with Crippen molar-refractivity contribution in [3.63, 3.8) is 0 Å². The fourth-order valence-corrected chi connectivity index (χ4v) is 3.13. The van der Waals surface area contributed by atoms with E-state index in [1.54, 1.807) is 6.92 Å². The lowest BCUT2D eigenvalue weighted by molar-refractivity contribution is -0.137. The molecule has 0 bridgehead atoms. The molecule has 2 heterocycles. The number of halogens is 3. The van der Waals surface area contributed by atoms with Gasteiger partial charge in [0.1, 0.15) is 0 Å². The van der Waals surface area contributed by atoms with Crippen LogP contribution in [0, 0.1) is 6.92 Å². The Morgan fingerprint density at radius 2 is 1.96 bits per heavy atom. The second kappa shape index (κ2) is 5.55. The molecule has 26 heavy (non-hydrogen) atoms. The Morgan fingerprint density at radius 1 is 1.27 bits per heavy atom. The van der Waals surface area contributed by atoms with E-state index in [4.69, 9.17) is 0 Å². The summed E-state index contributed by atoms with van der Waals surface area (Å²) < 4.78 is 41.3. The molecule has 1 aromatic carbocycles. The highest BCUT2D eigenvalue weighted by molar-refractivity contribution is 6.03. The maximum Gasteiger partial charge on any atom is 0.418 e. The number of aromatic nitrogens is 3. The summed E-state index contributed by atoms with van der Waals surface area (Å²) in [6, 6.07) is 6.57. The highest BCUT2D eigenvalue weighted by Gasteiger charge is 2.35. The number of carboxylic acids is 1. The number of hydrogen-bond acceptors (Lipinski definition) is 3. The van der Waals surface area contributed by atoms with Crippen LogP contribution in [0.15, 0.2) is 30.3 Å². The minimum atomic E-state index is -4.56. The maximum atomic E-state index is 13.4. The summed E-state index contributed by atoms with van der Waals surface area (Å²) in [6.45, 7) is 1.57. The molecular formula is C18H14F3N3O2. The minimum Gasteiger partial charge on any atom is -0.478 e. The Morgan fingerprint density at radius 3 is 2.58 bits per heavy atom. The topological polar surface area (TPSA) is 68.0 Å². The summed E-state index contributed by atoms with van der Waals surface area (Å²) in [5.41, 5.74) is 0.0469. The second-order valence-corrected chi connectivity index (χ2v) is 6.38. The molecule has 2 aromatic heterocycles. The molecule has 134 valence electrons. The van der Waals surface area contributed by atoms with E-state index in [0.29, 0.717) is 11.4 Å². The number of para-hydroxylation sites is 1. The lowest BCUT2D eigenvalue weighted by Gasteiger charge is -2.13. The fourth-order valence-electron chi connectivity index (χ4n) is 3.13. The van der Waals surface area contributed by atoms with Crippen LogP contribution in [0.25, 0.3) is 16.7 Å². The summed E-state index contributed by atoms with van der Waals surface area (Å²) in [6.07, 6.45) is -2.78. The van der Waals surface area contributed by atoms with Crippen LogP contribution in [0.5, 0.6) is 0 Å². The third-order valence-corrected chi connectivity index (χ3v) is 4.50. The number of aryl methyl sites for hydroxylation is 1. The van der Waals surface area contributed by atoms with Crippen LogP contribution in [0.3, 0.4) is 0 Å². The molecule has 1 aliphatic carbocycles. The van der Waals surface area contributed by atoms with Gasteiger partial charge in [0.2, 0.25) is 0 Å². The maximum absolute atomic E-state index is 13.4. The average Bonchev–Trinajstić information content (AvgIpc) is 3.38. The average molecular weight is 361 g/mol.